The summed E-state index contributed by atoms with van der Waals surface area (Å²) in [5.74, 6) is 0.484. The van der Waals surface area contributed by atoms with Crippen molar-refractivity contribution in [3.63, 3.8) is 0 Å². The smallest absolute Gasteiger partial charge is 0.228 e. The second kappa shape index (κ2) is 5.15. The molecule has 0 aromatic carbocycles. The maximum Gasteiger partial charge on any atom is 0.228 e. The highest BCUT2D eigenvalue weighted by Crippen LogP contribution is 2.65. The van der Waals surface area contributed by atoms with E-state index in [1.165, 1.54) is 32.1 Å². The number of ketones is 1. The Morgan fingerprint density at radius 2 is 1.88 bits per heavy atom. The Morgan fingerprint density at radius 1 is 1.12 bits per heavy atom. The SMILES string of the molecule is C[C@@]12CCC[C@H]1[C@@H]1CCC3C(=N)C(=O)C(C(N)=O)C[C@]3(C)[C@@H]1CC2. The summed E-state index contributed by atoms with van der Waals surface area (Å²) in [6, 6.07) is 0. The fourth-order valence-corrected chi connectivity index (χ4v) is 7.34. The number of carbonyl (C=O) groups is 2. The van der Waals surface area contributed by atoms with Crippen molar-refractivity contribution >= 4 is 17.4 Å². The summed E-state index contributed by atoms with van der Waals surface area (Å²) in [6.07, 6.45) is 9.18. The van der Waals surface area contributed by atoms with Gasteiger partial charge in [-0.05, 0) is 73.5 Å². The molecule has 0 saturated heterocycles. The Kier molecular flexibility index (Phi) is 3.50. The molecule has 3 N–H and O–H groups in total. The van der Waals surface area contributed by atoms with Gasteiger partial charge in [-0.25, -0.2) is 0 Å². The predicted octanol–water partition coefficient (Wildman–Crippen LogP) is 3.33. The Balaban J connectivity index is 1.70. The van der Waals surface area contributed by atoms with Crippen LogP contribution in [0.1, 0.15) is 65.2 Å². The van der Waals surface area contributed by atoms with Gasteiger partial charge < -0.3 is 11.1 Å². The summed E-state index contributed by atoms with van der Waals surface area (Å²) in [5, 5.41) is 8.40. The second-order valence-electron chi connectivity index (χ2n) is 9.53. The van der Waals surface area contributed by atoms with Gasteiger partial charge in [0.05, 0.1) is 5.71 Å². The largest absolute Gasteiger partial charge is 0.369 e. The molecule has 4 fully saturated rings. The Bertz CT molecular complexity index is 615. The lowest BCUT2D eigenvalue weighted by atomic mass is 9.44. The van der Waals surface area contributed by atoms with E-state index < -0.39 is 11.8 Å². The molecular formula is C20H30N2O2. The van der Waals surface area contributed by atoms with Crippen molar-refractivity contribution in [3.8, 4) is 0 Å². The standard InChI is InChI=1S/C20H30N2O2/c1-19-8-3-4-13(19)11-5-6-15-16(21)17(23)12(18(22)24)10-20(15,2)14(11)7-9-19/h11-15,21H,3-10H2,1-2H3,(H2,22,24)/t11-,12?,13-,14+,15?,19-,20+/m0/s1. The number of nitrogens with two attached hydrogens (primary N) is 1. The molecule has 0 aromatic rings. The second-order valence-corrected chi connectivity index (χ2v) is 9.53. The monoisotopic (exact) mass is 330 g/mol. The van der Waals surface area contributed by atoms with Crippen LogP contribution in [0, 0.1) is 45.8 Å². The topological polar surface area (TPSA) is 84.0 Å². The zero-order valence-corrected chi connectivity index (χ0v) is 14.9. The van der Waals surface area contributed by atoms with Gasteiger partial charge in [-0.2, -0.15) is 0 Å². The van der Waals surface area contributed by atoms with Gasteiger partial charge in [0.2, 0.25) is 5.91 Å². The quantitative estimate of drug-likeness (QED) is 0.723. The van der Waals surface area contributed by atoms with Gasteiger partial charge in [0.15, 0.2) is 5.78 Å². The van der Waals surface area contributed by atoms with Crippen molar-refractivity contribution in [3.05, 3.63) is 0 Å². The molecule has 0 spiro atoms. The van der Waals surface area contributed by atoms with E-state index in [2.05, 4.69) is 13.8 Å². The van der Waals surface area contributed by atoms with Gasteiger partial charge >= 0.3 is 0 Å². The lowest BCUT2D eigenvalue weighted by Crippen LogP contribution is -2.59. The number of carbonyl (C=O) groups excluding carboxylic acids is 2. The van der Waals surface area contributed by atoms with E-state index in [-0.39, 0.29) is 22.8 Å². The van der Waals surface area contributed by atoms with Crippen LogP contribution >= 0.6 is 0 Å². The fourth-order valence-electron chi connectivity index (χ4n) is 7.34. The maximum atomic E-state index is 12.4. The van der Waals surface area contributed by atoms with E-state index in [4.69, 9.17) is 11.1 Å². The summed E-state index contributed by atoms with van der Waals surface area (Å²) in [4.78, 5) is 24.3. The first-order valence-electron chi connectivity index (χ1n) is 9.70. The van der Waals surface area contributed by atoms with Crippen LogP contribution in [0.15, 0.2) is 0 Å². The first-order chi connectivity index (χ1) is 11.3. The number of hydrogen-bond acceptors (Lipinski definition) is 3. The number of fused-ring (bicyclic) bond motifs is 5. The molecule has 0 radical (unpaired) electrons. The molecule has 0 bridgehead atoms. The minimum atomic E-state index is -0.769. The third-order valence-electron chi connectivity index (χ3n) is 8.57. The van der Waals surface area contributed by atoms with Crippen LogP contribution in [0.4, 0.5) is 0 Å². The maximum absolute atomic E-state index is 12.4. The van der Waals surface area contributed by atoms with Crippen LogP contribution < -0.4 is 5.73 Å². The molecular weight excluding hydrogens is 300 g/mol. The van der Waals surface area contributed by atoms with Gasteiger partial charge in [0.25, 0.3) is 0 Å². The number of rotatable bonds is 1. The van der Waals surface area contributed by atoms with Crippen LogP contribution in [-0.2, 0) is 9.59 Å². The molecule has 24 heavy (non-hydrogen) atoms. The van der Waals surface area contributed by atoms with Crippen molar-refractivity contribution in [2.24, 2.45) is 46.2 Å². The molecule has 1 amide bonds. The molecule has 7 atom stereocenters. The lowest BCUT2D eigenvalue weighted by Gasteiger charge is -2.60. The number of nitrogens with one attached hydrogen (secondary N) is 1. The zero-order chi connectivity index (χ0) is 17.3. The highest BCUT2D eigenvalue weighted by Gasteiger charge is 2.61. The Labute approximate surface area is 144 Å². The Hall–Kier alpha value is -1.19. The molecule has 4 saturated carbocycles. The molecule has 4 rings (SSSR count). The molecule has 0 aromatic heterocycles. The number of amides is 1. The summed E-state index contributed by atoms with van der Waals surface area (Å²) in [6.45, 7) is 4.73. The molecule has 2 unspecified atom stereocenters. The molecule has 0 heterocycles. The third-order valence-corrected chi connectivity index (χ3v) is 8.57. The first-order valence-corrected chi connectivity index (χ1v) is 9.70. The number of Topliss-reactive ketones (excluding diaryl/α,β-unsaturated/α-hetero) is 1. The zero-order valence-electron chi connectivity index (χ0n) is 14.9. The van der Waals surface area contributed by atoms with E-state index in [9.17, 15) is 9.59 Å². The lowest BCUT2D eigenvalue weighted by molar-refractivity contribution is -0.138. The highest BCUT2D eigenvalue weighted by atomic mass is 16.2. The minimum absolute atomic E-state index is 0.0348. The van der Waals surface area contributed by atoms with Gasteiger partial charge in [-0.3, -0.25) is 9.59 Å². The summed E-state index contributed by atoms with van der Waals surface area (Å²) < 4.78 is 0. The van der Waals surface area contributed by atoms with Crippen LogP contribution in [0.5, 0.6) is 0 Å². The molecule has 0 aliphatic heterocycles. The molecule has 4 nitrogen and oxygen atoms in total. The van der Waals surface area contributed by atoms with E-state index in [1.807, 2.05) is 0 Å². The van der Waals surface area contributed by atoms with E-state index >= 15 is 0 Å². The van der Waals surface area contributed by atoms with Crippen LogP contribution in [0.2, 0.25) is 0 Å². The third kappa shape index (κ3) is 2.01. The van der Waals surface area contributed by atoms with Crippen molar-refractivity contribution < 1.29 is 9.59 Å². The summed E-state index contributed by atoms with van der Waals surface area (Å²) >= 11 is 0. The van der Waals surface area contributed by atoms with Gasteiger partial charge in [-0.15, -0.1) is 0 Å². The fraction of sp³-hybridized carbons (Fsp3) is 0.850. The van der Waals surface area contributed by atoms with Gasteiger partial charge in [-0.1, -0.05) is 20.3 Å². The van der Waals surface area contributed by atoms with E-state index in [1.54, 1.807) is 0 Å². The van der Waals surface area contributed by atoms with Crippen molar-refractivity contribution in [1.82, 2.24) is 0 Å². The van der Waals surface area contributed by atoms with E-state index in [0.717, 1.165) is 18.8 Å². The average molecular weight is 330 g/mol. The van der Waals surface area contributed by atoms with Crippen molar-refractivity contribution in [1.29, 1.82) is 5.41 Å². The predicted molar refractivity (Wildman–Crippen MR) is 92.5 cm³/mol. The Morgan fingerprint density at radius 3 is 2.58 bits per heavy atom. The molecule has 4 heteroatoms. The van der Waals surface area contributed by atoms with Gasteiger partial charge in [0.1, 0.15) is 5.92 Å². The number of primary amides is 1. The average Bonchev–Trinajstić information content (AvgIpc) is 2.92. The molecule has 4 aliphatic rings. The molecule has 132 valence electrons. The first kappa shape index (κ1) is 16.3. The highest BCUT2D eigenvalue weighted by molar-refractivity contribution is 6.44. The van der Waals surface area contributed by atoms with Crippen LogP contribution in [0.25, 0.3) is 0 Å². The van der Waals surface area contributed by atoms with Crippen molar-refractivity contribution in [2.75, 3.05) is 0 Å². The minimum Gasteiger partial charge on any atom is -0.369 e. The number of hydrogen-bond donors (Lipinski definition) is 2. The van der Waals surface area contributed by atoms with Crippen LogP contribution in [-0.4, -0.2) is 17.4 Å². The van der Waals surface area contributed by atoms with Crippen molar-refractivity contribution in [2.45, 2.75) is 65.2 Å². The normalized spacial score (nSPS) is 50.8. The van der Waals surface area contributed by atoms with Gasteiger partial charge in [0, 0.05) is 5.92 Å². The summed E-state index contributed by atoms with van der Waals surface area (Å²) in [7, 11) is 0. The van der Waals surface area contributed by atoms with Crippen LogP contribution in [0.3, 0.4) is 0 Å². The molecule has 4 aliphatic carbocycles. The van der Waals surface area contributed by atoms with E-state index in [0.29, 0.717) is 23.7 Å². The summed E-state index contributed by atoms with van der Waals surface area (Å²) in [5.41, 5.74) is 6.11.